The van der Waals surface area contributed by atoms with Crippen molar-refractivity contribution in [1.29, 1.82) is 0 Å². The third-order valence-electron chi connectivity index (χ3n) is 3.91. The van der Waals surface area contributed by atoms with Gasteiger partial charge in [0, 0.05) is 12.1 Å². The van der Waals surface area contributed by atoms with E-state index in [4.69, 9.17) is 10.5 Å². The first kappa shape index (κ1) is 18.9. The van der Waals surface area contributed by atoms with Gasteiger partial charge in [-0.05, 0) is 57.4 Å². The van der Waals surface area contributed by atoms with Gasteiger partial charge >= 0.3 is 0 Å². The highest BCUT2D eigenvalue weighted by Crippen LogP contribution is 2.24. The second-order valence-corrected chi connectivity index (χ2v) is 7.57. The average molecular weight is 328 g/mol. The second-order valence-electron chi connectivity index (χ2n) is 5.89. The van der Waals surface area contributed by atoms with E-state index in [9.17, 15) is 8.42 Å². The first-order valence-corrected chi connectivity index (χ1v) is 9.19. The van der Waals surface area contributed by atoms with Crippen LogP contribution in [0.2, 0.25) is 0 Å². The molecule has 0 spiro atoms. The molecule has 0 aromatic heterocycles. The number of rotatable bonds is 8. The topological polar surface area (TPSA) is 81.4 Å². The zero-order valence-corrected chi connectivity index (χ0v) is 15.0. The van der Waals surface area contributed by atoms with Gasteiger partial charge in [0.25, 0.3) is 0 Å². The predicted octanol–water partition coefficient (Wildman–Crippen LogP) is 2.58. The lowest BCUT2D eigenvalue weighted by atomic mass is 9.95. The number of aryl methyl sites for hydroxylation is 1. The number of hydrogen-bond donors (Lipinski definition) is 2. The summed E-state index contributed by atoms with van der Waals surface area (Å²) in [6.45, 7) is 9.85. The van der Waals surface area contributed by atoms with E-state index in [1.165, 1.54) is 0 Å². The van der Waals surface area contributed by atoms with E-state index in [0.717, 1.165) is 5.56 Å². The Labute approximate surface area is 134 Å². The lowest BCUT2D eigenvalue weighted by Gasteiger charge is -2.31. The quantitative estimate of drug-likeness (QED) is 0.768. The van der Waals surface area contributed by atoms with Gasteiger partial charge in [0.05, 0.1) is 11.0 Å². The van der Waals surface area contributed by atoms with Gasteiger partial charge in [-0.3, -0.25) is 0 Å². The van der Waals surface area contributed by atoms with Gasteiger partial charge in [-0.1, -0.05) is 13.8 Å². The van der Waals surface area contributed by atoms with Crippen LogP contribution in [0.25, 0.3) is 0 Å². The summed E-state index contributed by atoms with van der Waals surface area (Å²) in [6, 6.07) is 4.90. The monoisotopic (exact) mass is 328 g/mol. The zero-order chi connectivity index (χ0) is 17.0. The Balaban J connectivity index is 3.11. The Bertz CT molecular complexity index is 585. The number of benzene rings is 1. The Morgan fingerprint density at radius 2 is 1.86 bits per heavy atom. The van der Waals surface area contributed by atoms with Crippen LogP contribution in [-0.2, 0) is 10.0 Å². The van der Waals surface area contributed by atoms with Crippen molar-refractivity contribution >= 4 is 10.0 Å². The predicted molar refractivity (Wildman–Crippen MR) is 89.6 cm³/mol. The molecular weight excluding hydrogens is 300 g/mol. The molecule has 22 heavy (non-hydrogen) atoms. The fraction of sp³-hybridized carbons (Fsp3) is 0.625. The molecule has 0 unspecified atom stereocenters. The molecule has 0 saturated heterocycles. The summed E-state index contributed by atoms with van der Waals surface area (Å²) in [5, 5.41) is 0. The Morgan fingerprint density at radius 1 is 1.27 bits per heavy atom. The molecule has 0 heterocycles. The third-order valence-corrected chi connectivity index (χ3v) is 5.49. The molecule has 1 rings (SSSR count). The van der Waals surface area contributed by atoms with Crippen LogP contribution in [0.5, 0.6) is 5.75 Å². The largest absolute Gasteiger partial charge is 0.491 e. The van der Waals surface area contributed by atoms with E-state index in [-0.39, 0.29) is 17.5 Å². The molecule has 1 aromatic carbocycles. The van der Waals surface area contributed by atoms with Gasteiger partial charge in [-0.15, -0.1) is 0 Å². The molecule has 6 heteroatoms. The minimum atomic E-state index is -3.61. The van der Waals surface area contributed by atoms with Crippen molar-refractivity contribution in [3.05, 3.63) is 23.8 Å². The molecule has 0 bridgehead atoms. The summed E-state index contributed by atoms with van der Waals surface area (Å²) in [5.41, 5.74) is 5.97. The van der Waals surface area contributed by atoms with E-state index < -0.39 is 15.6 Å². The molecule has 0 amide bonds. The lowest BCUT2D eigenvalue weighted by molar-refractivity contribution is 0.240. The molecule has 0 fully saturated rings. The van der Waals surface area contributed by atoms with Crippen molar-refractivity contribution < 1.29 is 13.2 Å². The Morgan fingerprint density at radius 3 is 2.27 bits per heavy atom. The fourth-order valence-electron chi connectivity index (χ4n) is 2.24. The number of nitrogens with one attached hydrogen (secondary N) is 1. The molecule has 1 aromatic rings. The van der Waals surface area contributed by atoms with Gasteiger partial charge < -0.3 is 10.5 Å². The van der Waals surface area contributed by atoms with Gasteiger partial charge in [0.15, 0.2) is 0 Å². The van der Waals surface area contributed by atoms with Gasteiger partial charge in [-0.2, -0.15) is 0 Å². The molecule has 0 aliphatic rings. The summed E-state index contributed by atoms with van der Waals surface area (Å²) in [7, 11) is -3.61. The van der Waals surface area contributed by atoms with Crippen LogP contribution in [0.3, 0.4) is 0 Å². The van der Waals surface area contributed by atoms with Crippen LogP contribution < -0.4 is 15.2 Å². The average Bonchev–Trinajstić information content (AvgIpc) is 2.46. The van der Waals surface area contributed by atoms with E-state index in [0.29, 0.717) is 18.6 Å². The number of hydrogen-bond acceptors (Lipinski definition) is 4. The summed E-state index contributed by atoms with van der Waals surface area (Å²) in [6.07, 6.45) is 1.34. The molecule has 0 radical (unpaired) electrons. The fourth-order valence-corrected chi connectivity index (χ4v) is 3.88. The highest BCUT2D eigenvalue weighted by atomic mass is 32.2. The van der Waals surface area contributed by atoms with Crippen molar-refractivity contribution in [3.63, 3.8) is 0 Å². The Hall–Kier alpha value is -1.11. The molecular formula is C16H28N2O3S. The van der Waals surface area contributed by atoms with Crippen LogP contribution in [0, 0.1) is 6.92 Å². The minimum Gasteiger partial charge on any atom is -0.491 e. The van der Waals surface area contributed by atoms with Gasteiger partial charge in [0.1, 0.15) is 5.75 Å². The summed E-state index contributed by atoms with van der Waals surface area (Å²) in [5.74, 6) is 0.699. The molecule has 0 atom stereocenters. The van der Waals surface area contributed by atoms with E-state index in [1.54, 1.807) is 18.2 Å². The van der Waals surface area contributed by atoms with Crippen molar-refractivity contribution in [3.8, 4) is 5.75 Å². The van der Waals surface area contributed by atoms with Crippen LogP contribution in [0.4, 0.5) is 0 Å². The first-order chi connectivity index (χ1) is 10.2. The minimum absolute atomic E-state index is 0.0457. The summed E-state index contributed by atoms with van der Waals surface area (Å²) < 4.78 is 33.6. The number of ether oxygens (including phenoxy) is 1. The first-order valence-electron chi connectivity index (χ1n) is 7.71. The van der Waals surface area contributed by atoms with Gasteiger partial charge in [0.2, 0.25) is 10.0 Å². The summed E-state index contributed by atoms with van der Waals surface area (Å²) in [4.78, 5) is 0.237. The van der Waals surface area contributed by atoms with Crippen LogP contribution in [-0.4, -0.2) is 26.6 Å². The maximum atomic E-state index is 12.6. The van der Waals surface area contributed by atoms with Crippen LogP contribution in [0.15, 0.2) is 23.1 Å². The van der Waals surface area contributed by atoms with Gasteiger partial charge in [-0.25, -0.2) is 13.1 Å². The maximum Gasteiger partial charge on any atom is 0.241 e. The van der Waals surface area contributed by atoms with Crippen LogP contribution >= 0.6 is 0 Å². The molecule has 5 nitrogen and oxygen atoms in total. The van der Waals surface area contributed by atoms with Crippen molar-refractivity contribution in [2.24, 2.45) is 5.73 Å². The molecule has 3 N–H and O–H groups in total. The summed E-state index contributed by atoms with van der Waals surface area (Å²) >= 11 is 0. The van der Waals surface area contributed by atoms with Crippen molar-refractivity contribution in [2.75, 3.05) is 6.54 Å². The number of sulfonamides is 1. The smallest absolute Gasteiger partial charge is 0.241 e. The molecule has 126 valence electrons. The normalized spacial score (nSPS) is 12.7. The number of nitrogens with two attached hydrogens (primary N) is 1. The molecule has 0 aliphatic heterocycles. The van der Waals surface area contributed by atoms with E-state index >= 15 is 0 Å². The standard InChI is InChI=1S/C16H28N2O3S/c1-6-16(7-2,11-17)18-22(19,20)14-8-9-15(13(5)10-14)21-12(3)4/h8-10,12,18H,6-7,11,17H2,1-5H3. The zero-order valence-electron chi connectivity index (χ0n) is 14.1. The SMILES string of the molecule is CCC(CC)(CN)NS(=O)(=O)c1ccc(OC(C)C)c(C)c1. The van der Waals surface area contributed by atoms with E-state index in [1.807, 2.05) is 34.6 Å². The van der Waals surface area contributed by atoms with Crippen molar-refractivity contribution in [2.45, 2.75) is 64.0 Å². The molecule has 0 saturated carbocycles. The lowest BCUT2D eigenvalue weighted by Crippen LogP contribution is -2.52. The molecule has 0 aliphatic carbocycles. The maximum absolute atomic E-state index is 12.6. The van der Waals surface area contributed by atoms with E-state index in [2.05, 4.69) is 4.72 Å². The highest BCUT2D eigenvalue weighted by molar-refractivity contribution is 7.89. The van der Waals surface area contributed by atoms with Crippen LogP contribution in [0.1, 0.15) is 46.1 Å². The van der Waals surface area contributed by atoms with Crippen molar-refractivity contribution in [1.82, 2.24) is 4.72 Å². The third kappa shape index (κ3) is 4.44. The second kappa shape index (κ2) is 7.44. The Kier molecular flexibility index (Phi) is 6.40. The highest BCUT2D eigenvalue weighted by Gasteiger charge is 2.31.